The Balaban J connectivity index is 3.18. The topological polar surface area (TPSA) is 38.3 Å². The molecule has 0 aromatic heterocycles. The molecule has 1 aliphatic heterocycles. The Morgan fingerprint density at radius 3 is 1.94 bits per heavy atom. The largest absolute Gasteiger partial charge is 0.446 e. The molecule has 1 amide bonds. The minimum absolute atomic E-state index is 0.0601. The average Bonchev–Trinajstić information content (AvgIpc) is 2.18. The summed E-state index contributed by atoms with van der Waals surface area (Å²) >= 11 is 0. The average molecular weight is 279 g/mol. The summed E-state index contributed by atoms with van der Waals surface area (Å²) in [6, 6.07) is 0. The molecule has 1 atom stereocenters. The first kappa shape index (κ1) is 15.1. The van der Waals surface area contributed by atoms with Crippen LogP contribution in [0.1, 0.15) is 20.3 Å². The number of rotatable bonds is 1. The van der Waals surface area contributed by atoms with Crippen molar-refractivity contribution in [1.29, 1.82) is 0 Å². The van der Waals surface area contributed by atoms with E-state index in [9.17, 15) is 31.1 Å². The van der Waals surface area contributed by atoms with E-state index in [1.807, 2.05) is 0 Å². The van der Waals surface area contributed by atoms with Gasteiger partial charge in [-0.05, 0) is 13.3 Å². The third-order valence-corrected chi connectivity index (χ3v) is 3.02. The highest BCUT2D eigenvalue weighted by atomic mass is 19.4. The Bertz CT molecular complexity index is 336. The Kier molecular flexibility index (Phi) is 3.35. The van der Waals surface area contributed by atoms with E-state index in [0.717, 1.165) is 5.32 Å². The second-order valence-electron chi connectivity index (χ2n) is 4.33. The standard InChI is InChI=1S/C9H11F6NO2/c1-3-6(2)4-18-7(8(10,11)12,9(13,14)15)16-5(6)17/h3-4H2,1-2H3,(H,16,17). The highest BCUT2D eigenvalue weighted by Gasteiger charge is 2.76. The molecule has 0 radical (unpaired) electrons. The molecule has 1 N–H and O–H groups in total. The van der Waals surface area contributed by atoms with Crippen molar-refractivity contribution >= 4 is 5.91 Å². The van der Waals surface area contributed by atoms with E-state index in [-0.39, 0.29) is 6.42 Å². The van der Waals surface area contributed by atoms with Crippen LogP contribution in [0.5, 0.6) is 0 Å². The Morgan fingerprint density at radius 2 is 1.67 bits per heavy atom. The van der Waals surface area contributed by atoms with E-state index in [1.165, 1.54) is 13.8 Å². The summed E-state index contributed by atoms with van der Waals surface area (Å²) in [7, 11) is 0. The molecule has 0 aromatic carbocycles. The second-order valence-corrected chi connectivity index (χ2v) is 4.33. The maximum Gasteiger partial charge on any atom is 0.446 e. The first-order chi connectivity index (χ1) is 7.90. The first-order valence-corrected chi connectivity index (χ1v) is 5.00. The van der Waals surface area contributed by atoms with Gasteiger partial charge < -0.3 is 10.1 Å². The minimum Gasteiger partial charge on any atom is -0.339 e. The molecule has 1 heterocycles. The lowest BCUT2D eigenvalue weighted by Crippen LogP contribution is -2.74. The number of hydrogen-bond donors (Lipinski definition) is 1. The van der Waals surface area contributed by atoms with Crippen molar-refractivity contribution in [2.75, 3.05) is 6.61 Å². The van der Waals surface area contributed by atoms with E-state index in [4.69, 9.17) is 0 Å². The predicted octanol–water partition coefficient (Wildman–Crippen LogP) is 2.37. The Morgan fingerprint density at radius 1 is 1.22 bits per heavy atom. The quantitative estimate of drug-likeness (QED) is 0.748. The highest BCUT2D eigenvalue weighted by Crippen LogP contribution is 2.47. The molecule has 1 saturated heterocycles. The van der Waals surface area contributed by atoms with Gasteiger partial charge in [0.15, 0.2) is 0 Å². The van der Waals surface area contributed by atoms with Gasteiger partial charge in [-0.3, -0.25) is 4.79 Å². The Labute approximate surface area is 98.5 Å². The molecule has 0 aromatic rings. The van der Waals surface area contributed by atoms with Crippen LogP contribution >= 0.6 is 0 Å². The molecule has 1 rings (SSSR count). The van der Waals surface area contributed by atoms with Crippen molar-refractivity contribution < 1.29 is 35.9 Å². The van der Waals surface area contributed by atoms with Crippen molar-refractivity contribution in [3.05, 3.63) is 0 Å². The fourth-order valence-corrected chi connectivity index (χ4v) is 1.41. The van der Waals surface area contributed by atoms with Gasteiger partial charge in [-0.25, -0.2) is 0 Å². The van der Waals surface area contributed by atoms with Crippen molar-refractivity contribution in [2.24, 2.45) is 5.41 Å². The number of halogens is 6. The third kappa shape index (κ3) is 2.04. The molecule has 0 spiro atoms. The second kappa shape index (κ2) is 4.01. The fourth-order valence-electron chi connectivity index (χ4n) is 1.41. The lowest BCUT2D eigenvalue weighted by atomic mass is 9.85. The first-order valence-electron chi connectivity index (χ1n) is 5.00. The summed E-state index contributed by atoms with van der Waals surface area (Å²) in [4.78, 5) is 11.5. The van der Waals surface area contributed by atoms with Crippen molar-refractivity contribution in [3.63, 3.8) is 0 Å². The lowest BCUT2D eigenvalue weighted by molar-refractivity contribution is -0.399. The summed E-state index contributed by atoms with van der Waals surface area (Å²) < 4.78 is 79.4. The van der Waals surface area contributed by atoms with Gasteiger partial charge in [0.2, 0.25) is 5.91 Å². The summed E-state index contributed by atoms with van der Waals surface area (Å²) in [5, 5.41) is 0.940. The van der Waals surface area contributed by atoms with Gasteiger partial charge in [-0.2, -0.15) is 26.3 Å². The summed E-state index contributed by atoms with van der Waals surface area (Å²) in [6.07, 6.45) is -11.5. The molecule has 1 fully saturated rings. The third-order valence-electron chi connectivity index (χ3n) is 3.02. The van der Waals surface area contributed by atoms with Gasteiger partial charge >= 0.3 is 18.1 Å². The van der Waals surface area contributed by atoms with Crippen LogP contribution in [0.3, 0.4) is 0 Å². The lowest BCUT2D eigenvalue weighted by Gasteiger charge is -2.45. The van der Waals surface area contributed by atoms with Gasteiger partial charge in [-0.1, -0.05) is 6.92 Å². The fraction of sp³-hybridized carbons (Fsp3) is 0.889. The molecule has 3 nitrogen and oxygen atoms in total. The van der Waals surface area contributed by atoms with Crippen LogP contribution in [0.4, 0.5) is 26.3 Å². The summed E-state index contributed by atoms with van der Waals surface area (Å²) in [5.74, 6) is -1.33. The molecule has 0 bridgehead atoms. The van der Waals surface area contributed by atoms with Crippen molar-refractivity contribution in [2.45, 2.75) is 38.3 Å². The van der Waals surface area contributed by atoms with Crippen molar-refractivity contribution in [3.8, 4) is 0 Å². The predicted molar refractivity (Wildman–Crippen MR) is 47.3 cm³/mol. The maximum atomic E-state index is 12.6. The van der Waals surface area contributed by atoms with Crippen LogP contribution in [0.15, 0.2) is 0 Å². The SMILES string of the molecule is CCC1(C)COC(C(F)(F)F)(C(F)(F)F)NC1=O. The molecule has 9 heteroatoms. The van der Waals surface area contributed by atoms with Crippen LogP contribution < -0.4 is 5.32 Å². The van der Waals surface area contributed by atoms with Gasteiger partial charge in [0.05, 0.1) is 12.0 Å². The smallest absolute Gasteiger partial charge is 0.339 e. The number of hydrogen-bond acceptors (Lipinski definition) is 2. The van der Waals surface area contributed by atoms with Gasteiger partial charge in [0.25, 0.3) is 0 Å². The number of carbonyl (C=O) groups excluding carboxylic acids is 1. The molecular formula is C9H11F6NO2. The van der Waals surface area contributed by atoms with E-state index in [0.29, 0.717) is 0 Å². The minimum atomic E-state index is -5.78. The summed E-state index contributed by atoms with van der Waals surface area (Å²) in [6.45, 7) is 1.75. The number of alkyl halides is 6. The zero-order valence-corrected chi connectivity index (χ0v) is 9.50. The zero-order chi connectivity index (χ0) is 14.4. The Hall–Kier alpha value is -0.990. The monoisotopic (exact) mass is 279 g/mol. The molecular weight excluding hydrogens is 268 g/mol. The molecule has 1 aliphatic rings. The highest BCUT2D eigenvalue weighted by molar-refractivity contribution is 5.83. The van der Waals surface area contributed by atoms with Crippen LogP contribution in [0.25, 0.3) is 0 Å². The van der Waals surface area contributed by atoms with Crippen LogP contribution in [-0.2, 0) is 9.53 Å². The molecule has 0 saturated carbocycles. The van der Waals surface area contributed by atoms with Crippen molar-refractivity contribution in [1.82, 2.24) is 5.32 Å². The van der Waals surface area contributed by atoms with Crippen LogP contribution in [0.2, 0.25) is 0 Å². The maximum absolute atomic E-state index is 12.6. The molecule has 18 heavy (non-hydrogen) atoms. The summed E-state index contributed by atoms with van der Waals surface area (Å²) in [5.41, 5.74) is -6.02. The molecule has 106 valence electrons. The van der Waals surface area contributed by atoms with E-state index < -0.39 is 36.0 Å². The van der Waals surface area contributed by atoms with E-state index in [1.54, 1.807) is 0 Å². The van der Waals surface area contributed by atoms with Crippen LogP contribution in [0, 0.1) is 5.41 Å². The van der Waals surface area contributed by atoms with E-state index in [2.05, 4.69) is 4.74 Å². The number of nitrogens with one attached hydrogen (secondary N) is 1. The van der Waals surface area contributed by atoms with E-state index >= 15 is 0 Å². The number of amides is 1. The van der Waals surface area contributed by atoms with Gasteiger partial charge in [0.1, 0.15) is 0 Å². The normalized spacial score (nSPS) is 29.0. The van der Waals surface area contributed by atoms with Crippen LogP contribution in [-0.4, -0.2) is 30.6 Å². The van der Waals surface area contributed by atoms with Gasteiger partial charge in [0, 0.05) is 0 Å². The number of carbonyl (C=O) groups is 1. The molecule has 1 unspecified atom stereocenters. The zero-order valence-electron chi connectivity index (χ0n) is 9.50. The molecule has 0 aliphatic carbocycles. The van der Waals surface area contributed by atoms with Gasteiger partial charge in [-0.15, -0.1) is 0 Å². The number of ether oxygens (including phenoxy) is 1.